The third-order valence-electron chi connectivity index (χ3n) is 2.14. The molecule has 0 saturated carbocycles. The van der Waals surface area contributed by atoms with Gasteiger partial charge in [0.15, 0.2) is 0 Å². The minimum atomic E-state index is -0.537. The molecule has 5 heteroatoms. The second-order valence-electron chi connectivity index (χ2n) is 3.90. The lowest BCUT2D eigenvalue weighted by Gasteiger charge is -2.35. The summed E-state index contributed by atoms with van der Waals surface area (Å²) in [6.07, 6.45) is -0.234. The van der Waals surface area contributed by atoms with Crippen LogP contribution in [0.5, 0.6) is 0 Å². The van der Waals surface area contributed by atoms with Crippen LogP contribution >= 0.6 is 15.9 Å². The third kappa shape index (κ3) is 2.93. The number of amides is 1. The van der Waals surface area contributed by atoms with Gasteiger partial charge in [-0.2, -0.15) is 0 Å². The molecule has 1 saturated heterocycles. The molecule has 1 amide bonds. The zero-order valence-electron chi connectivity index (χ0n) is 8.49. The Kier molecular flexibility index (Phi) is 3.92. The van der Waals surface area contributed by atoms with E-state index in [1.807, 2.05) is 13.8 Å². The number of aliphatic hydroxyl groups excluding tert-OH is 1. The zero-order valence-corrected chi connectivity index (χ0v) is 10.1. The van der Waals surface area contributed by atoms with Crippen molar-refractivity contribution in [2.75, 3.05) is 26.3 Å². The van der Waals surface area contributed by atoms with Crippen molar-refractivity contribution in [2.24, 2.45) is 0 Å². The number of carbonyl (C=O) groups is 1. The lowest BCUT2D eigenvalue weighted by Crippen LogP contribution is -2.51. The molecular formula is C9H16BrNO3. The Morgan fingerprint density at radius 1 is 1.71 bits per heavy atom. The van der Waals surface area contributed by atoms with Crippen LogP contribution in [-0.2, 0) is 9.53 Å². The number of ether oxygens (including phenoxy) is 1. The first-order valence-corrected chi connectivity index (χ1v) is 5.45. The third-order valence-corrected chi connectivity index (χ3v) is 2.48. The fourth-order valence-electron chi connectivity index (χ4n) is 1.39. The van der Waals surface area contributed by atoms with Gasteiger partial charge in [-0.15, -0.1) is 0 Å². The number of morpholine rings is 1. The van der Waals surface area contributed by atoms with Crippen molar-refractivity contribution in [3.05, 3.63) is 0 Å². The van der Waals surface area contributed by atoms with E-state index >= 15 is 0 Å². The van der Waals surface area contributed by atoms with Crippen molar-refractivity contribution < 1.29 is 14.6 Å². The van der Waals surface area contributed by atoms with Crippen LogP contribution in [0.15, 0.2) is 0 Å². The monoisotopic (exact) mass is 265 g/mol. The predicted molar refractivity (Wildman–Crippen MR) is 56.4 cm³/mol. The topological polar surface area (TPSA) is 49.8 Å². The second-order valence-corrected chi connectivity index (χ2v) is 5.88. The molecule has 0 aromatic heterocycles. The van der Waals surface area contributed by atoms with E-state index in [2.05, 4.69) is 15.9 Å². The number of hydrogen-bond acceptors (Lipinski definition) is 3. The number of hydrogen-bond donors (Lipinski definition) is 1. The van der Waals surface area contributed by atoms with Crippen molar-refractivity contribution >= 4 is 21.8 Å². The highest BCUT2D eigenvalue weighted by atomic mass is 79.9. The molecule has 0 bridgehead atoms. The molecule has 1 fully saturated rings. The predicted octanol–water partition coefficient (Wildman–Crippen LogP) is 0.380. The molecule has 1 aliphatic heterocycles. The summed E-state index contributed by atoms with van der Waals surface area (Å²) in [6.45, 7) is 5.18. The van der Waals surface area contributed by atoms with E-state index in [-0.39, 0.29) is 18.6 Å². The van der Waals surface area contributed by atoms with Crippen LogP contribution in [0.4, 0.5) is 0 Å². The Bertz CT molecular complexity index is 215. The Balaban J connectivity index is 2.56. The van der Waals surface area contributed by atoms with Crippen molar-refractivity contribution in [1.82, 2.24) is 4.90 Å². The number of carbonyl (C=O) groups excluding carboxylic acids is 1. The first-order chi connectivity index (χ1) is 6.45. The first-order valence-electron chi connectivity index (χ1n) is 4.66. The summed E-state index contributed by atoms with van der Waals surface area (Å²) in [5.74, 6) is 0.0410. The van der Waals surface area contributed by atoms with Gasteiger partial charge in [-0.3, -0.25) is 4.79 Å². The van der Waals surface area contributed by atoms with Crippen LogP contribution < -0.4 is 0 Å². The molecule has 0 aromatic carbocycles. The van der Waals surface area contributed by atoms with Gasteiger partial charge in [0.25, 0.3) is 0 Å². The van der Waals surface area contributed by atoms with E-state index in [0.717, 1.165) is 0 Å². The van der Waals surface area contributed by atoms with Crippen LogP contribution in [0.2, 0.25) is 0 Å². The molecule has 14 heavy (non-hydrogen) atoms. The molecule has 82 valence electrons. The summed E-state index contributed by atoms with van der Waals surface area (Å²) < 4.78 is 4.72. The molecule has 0 aliphatic carbocycles. The molecule has 1 aliphatic rings. The molecule has 0 aromatic rings. The minimum absolute atomic E-state index is 0.0352. The standard InChI is InChI=1S/C9H16BrNO3/c1-9(2,10)8(13)11-3-4-14-7(5-11)6-12/h7,12H,3-6H2,1-2H3. The largest absolute Gasteiger partial charge is 0.394 e. The summed E-state index contributed by atoms with van der Waals surface area (Å²) in [5, 5.41) is 8.92. The van der Waals surface area contributed by atoms with E-state index in [0.29, 0.717) is 19.7 Å². The van der Waals surface area contributed by atoms with Gasteiger partial charge in [0.2, 0.25) is 5.91 Å². The molecule has 1 heterocycles. The summed E-state index contributed by atoms with van der Waals surface area (Å²) in [4.78, 5) is 13.5. The Morgan fingerprint density at radius 2 is 2.36 bits per heavy atom. The Hall–Kier alpha value is -0.130. The Labute approximate surface area is 92.3 Å². The van der Waals surface area contributed by atoms with E-state index in [9.17, 15) is 4.79 Å². The summed E-state index contributed by atoms with van der Waals surface area (Å²) in [6, 6.07) is 0. The van der Waals surface area contributed by atoms with Crippen molar-refractivity contribution in [3.8, 4) is 0 Å². The van der Waals surface area contributed by atoms with E-state index in [1.54, 1.807) is 4.90 Å². The molecule has 0 spiro atoms. The molecule has 1 N–H and O–H groups in total. The molecule has 1 unspecified atom stereocenters. The van der Waals surface area contributed by atoms with Gasteiger partial charge in [0.05, 0.1) is 23.6 Å². The molecular weight excluding hydrogens is 250 g/mol. The highest BCUT2D eigenvalue weighted by Gasteiger charge is 2.32. The fourth-order valence-corrected chi connectivity index (χ4v) is 1.64. The number of alkyl halides is 1. The molecule has 0 radical (unpaired) electrons. The van der Waals surface area contributed by atoms with Gasteiger partial charge >= 0.3 is 0 Å². The van der Waals surface area contributed by atoms with Crippen LogP contribution in [0.25, 0.3) is 0 Å². The molecule has 4 nitrogen and oxygen atoms in total. The SMILES string of the molecule is CC(C)(Br)C(=O)N1CCOC(CO)C1. The maximum Gasteiger partial charge on any atom is 0.239 e. The van der Waals surface area contributed by atoms with Crippen LogP contribution in [0.3, 0.4) is 0 Å². The summed E-state index contributed by atoms with van der Waals surface area (Å²) in [7, 11) is 0. The van der Waals surface area contributed by atoms with E-state index < -0.39 is 4.32 Å². The van der Waals surface area contributed by atoms with Gasteiger partial charge in [-0.05, 0) is 13.8 Å². The first kappa shape index (κ1) is 11.9. The van der Waals surface area contributed by atoms with Crippen LogP contribution in [0, 0.1) is 0 Å². The number of nitrogens with zero attached hydrogens (tertiary/aromatic N) is 1. The maximum absolute atomic E-state index is 11.8. The van der Waals surface area contributed by atoms with Crippen LogP contribution in [-0.4, -0.2) is 52.6 Å². The fraction of sp³-hybridized carbons (Fsp3) is 0.889. The normalized spacial score (nSPS) is 23.7. The zero-order chi connectivity index (χ0) is 10.8. The minimum Gasteiger partial charge on any atom is -0.394 e. The average molecular weight is 266 g/mol. The van der Waals surface area contributed by atoms with Crippen LogP contribution in [0.1, 0.15) is 13.8 Å². The van der Waals surface area contributed by atoms with Crippen molar-refractivity contribution in [1.29, 1.82) is 0 Å². The Morgan fingerprint density at radius 3 is 2.86 bits per heavy atom. The highest BCUT2D eigenvalue weighted by Crippen LogP contribution is 2.20. The van der Waals surface area contributed by atoms with E-state index in [1.165, 1.54) is 0 Å². The number of rotatable bonds is 2. The number of halogens is 1. The average Bonchev–Trinajstić information content (AvgIpc) is 2.15. The molecule has 1 atom stereocenters. The highest BCUT2D eigenvalue weighted by molar-refractivity contribution is 9.10. The maximum atomic E-state index is 11.8. The number of aliphatic hydroxyl groups is 1. The summed E-state index contributed by atoms with van der Waals surface area (Å²) >= 11 is 3.33. The van der Waals surface area contributed by atoms with Gasteiger partial charge in [-0.1, -0.05) is 15.9 Å². The van der Waals surface area contributed by atoms with Crippen molar-refractivity contribution in [2.45, 2.75) is 24.3 Å². The van der Waals surface area contributed by atoms with Gasteiger partial charge < -0.3 is 14.7 Å². The second kappa shape index (κ2) is 4.59. The lowest BCUT2D eigenvalue weighted by atomic mass is 10.1. The van der Waals surface area contributed by atoms with Crippen molar-refractivity contribution in [3.63, 3.8) is 0 Å². The quantitative estimate of drug-likeness (QED) is 0.735. The summed E-state index contributed by atoms with van der Waals surface area (Å²) in [5.41, 5.74) is 0. The molecule has 1 rings (SSSR count). The lowest BCUT2D eigenvalue weighted by molar-refractivity contribution is -0.141. The van der Waals surface area contributed by atoms with Gasteiger partial charge in [0.1, 0.15) is 0 Å². The van der Waals surface area contributed by atoms with E-state index in [4.69, 9.17) is 9.84 Å². The smallest absolute Gasteiger partial charge is 0.239 e. The van der Waals surface area contributed by atoms with Gasteiger partial charge in [0, 0.05) is 13.1 Å². The van der Waals surface area contributed by atoms with Gasteiger partial charge in [-0.25, -0.2) is 0 Å².